The topological polar surface area (TPSA) is 52.6 Å². The number of hydrogen-bond acceptors (Lipinski definition) is 2. The van der Waals surface area contributed by atoms with Crippen LogP contribution < -0.4 is 5.32 Å². The highest BCUT2D eigenvalue weighted by molar-refractivity contribution is 5.74. The van der Waals surface area contributed by atoms with Gasteiger partial charge in [-0.3, -0.25) is 0 Å². The summed E-state index contributed by atoms with van der Waals surface area (Å²) in [6.45, 7) is 2.11. The minimum atomic E-state index is -0.470. The third-order valence-corrected chi connectivity index (χ3v) is 4.09. The van der Waals surface area contributed by atoms with Gasteiger partial charge in [0.15, 0.2) is 0 Å². The molecule has 5 heteroatoms. The second-order valence-electron chi connectivity index (χ2n) is 6.27. The van der Waals surface area contributed by atoms with E-state index in [0.29, 0.717) is 24.9 Å². The zero-order chi connectivity index (χ0) is 18.2. The van der Waals surface area contributed by atoms with Crippen LogP contribution in [-0.4, -0.2) is 35.7 Å². The van der Waals surface area contributed by atoms with Crippen molar-refractivity contribution in [2.24, 2.45) is 0 Å². The Hall–Kier alpha value is -2.40. The molecule has 0 bridgehead atoms. The van der Waals surface area contributed by atoms with Crippen LogP contribution in [0.15, 0.2) is 54.6 Å². The van der Waals surface area contributed by atoms with Crippen molar-refractivity contribution in [1.82, 2.24) is 10.2 Å². The first-order chi connectivity index (χ1) is 12.0. The molecule has 2 rings (SSSR count). The molecule has 134 valence electrons. The average molecular weight is 344 g/mol. The van der Waals surface area contributed by atoms with Gasteiger partial charge in [0.2, 0.25) is 0 Å². The van der Waals surface area contributed by atoms with Gasteiger partial charge in [0.1, 0.15) is 5.82 Å². The van der Waals surface area contributed by atoms with Gasteiger partial charge in [-0.2, -0.15) is 0 Å². The molecule has 25 heavy (non-hydrogen) atoms. The summed E-state index contributed by atoms with van der Waals surface area (Å²) in [6, 6.07) is 15.4. The Morgan fingerprint density at radius 2 is 1.80 bits per heavy atom. The number of aliphatic hydroxyl groups is 1. The minimum absolute atomic E-state index is 0.287. The van der Waals surface area contributed by atoms with Crippen molar-refractivity contribution in [2.75, 3.05) is 13.6 Å². The van der Waals surface area contributed by atoms with E-state index in [0.717, 1.165) is 5.56 Å². The van der Waals surface area contributed by atoms with Crippen LogP contribution in [0, 0.1) is 5.82 Å². The molecule has 2 N–H and O–H groups in total. The summed E-state index contributed by atoms with van der Waals surface area (Å²) < 4.78 is 14.2. The number of benzene rings is 2. The quantitative estimate of drug-likeness (QED) is 0.807. The Bertz CT molecular complexity index is 676. The zero-order valence-corrected chi connectivity index (χ0v) is 14.7. The molecule has 0 saturated heterocycles. The van der Waals surface area contributed by atoms with E-state index < -0.39 is 12.1 Å². The van der Waals surface area contributed by atoms with Gasteiger partial charge in [-0.05, 0) is 31.4 Å². The molecule has 0 aliphatic carbocycles. The van der Waals surface area contributed by atoms with Crippen LogP contribution in [0.25, 0.3) is 0 Å². The second-order valence-corrected chi connectivity index (χ2v) is 6.27. The highest BCUT2D eigenvalue weighted by Gasteiger charge is 2.20. The summed E-state index contributed by atoms with van der Waals surface area (Å²) in [5.41, 5.74) is 1.48. The number of urea groups is 1. The summed E-state index contributed by atoms with van der Waals surface area (Å²) in [6.07, 6.45) is 0.520. The monoisotopic (exact) mass is 344 g/mol. The number of carbonyl (C=O) groups is 1. The molecular weight excluding hydrogens is 319 g/mol. The van der Waals surface area contributed by atoms with Crippen LogP contribution in [0.1, 0.15) is 30.5 Å². The Morgan fingerprint density at radius 1 is 1.16 bits per heavy atom. The maximum Gasteiger partial charge on any atom is 0.317 e. The van der Waals surface area contributed by atoms with E-state index in [9.17, 15) is 14.3 Å². The second kappa shape index (κ2) is 9.18. The number of aliphatic hydroxyl groups excluding tert-OH is 1. The number of rotatable bonds is 7. The number of amides is 2. The van der Waals surface area contributed by atoms with Crippen molar-refractivity contribution >= 4 is 6.03 Å². The van der Waals surface area contributed by atoms with Gasteiger partial charge in [-0.15, -0.1) is 0 Å². The molecule has 0 radical (unpaired) electrons. The van der Waals surface area contributed by atoms with Crippen molar-refractivity contribution < 1.29 is 14.3 Å². The molecule has 2 atom stereocenters. The lowest BCUT2D eigenvalue weighted by Crippen LogP contribution is -2.41. The van der Waals surface area contributed by atoms with Crippen LogP contribution in [-0.2, 0) is 6.42 Å². The normalized spacial score (nSPS) is 13.1. The number of hydrogen-bond donors (Lipinski definition) is 2. The molecule has 0 fully saturated rings. The molecule has 2 aromatic rings. The molecule has 4 nitrogen and oxygen atoms in total. The molecule has 0 saturated carbocycles. The third kappa shape index (κ3) is 5.87. The van der Waals surface area contributed by atoms with Crippen molar-refractivity contribution in [2.45, 2.75) is 31.9 Å². The van der Waals surface area contributed by atoms with Crippen molar-refractivity contribution in [3.05, 3.63) is 71.5 Å². The van der Waals surface area contributed by atoms with Gasteiger partial charge < -0.3 is 15.3 Å². The van der Waals surface area contributed by atoms with Crippen molar-refractivity contribution in [3.63, 3.8) is 0 Å². The third-order valence-electron chi connectivity index (χ3n) is 4.09. The zero-order valence-electron chi connectivity index (χ0n) is 14.7. The van der Waals surface area contributed by atoms with E-state index in [1.807, 2.05) is 30.3 Å². The molecule has 2 unspecified atom stereocenters. The van der Waals surface area contributed by atoms with Gasteiger partial charge in [-0.25, -0.2) is 9.18 Å². The molecular formula is C20H25FN2O2. The first-order valence-corrected chi connectivity index (χ1v) is 8.45. The van der Waals surface area contributed by atoms with E-state index >= 15 is 0 Å². The number of carbonyl (C=O) groups excluding carboxylic acids is 1. The van der Waals surface area contributed by atoms with Gasteiger partial charge in [0.05, 0.1) is 12.1 Å². The fraction of sp³-hybridized carbons (Fsp3) is 0.350. The van der Waals surface area contributed by atoms with Crippen LogP contribution in [0.2, 0.25) is 0 Å². The lowest BCUT2D eigenvalue weighted by Gasteiger charge is -2.25. The van der Waals surface area contributed by atoms with Gasteiger partial charge in [0, 0.05) is 19.2 Å². The predicted molar refractivity (Wildman–Crippen MR) is 96.7 cm³/mol. The predicted octanol–water partition coefficient (Wildman–Crippen LogP) is 3.52. The summed E-state index contributed by atoms with van der Waals surface area (Å²) in [7, 11) is 1.67. The van der Waals surface area contributed by atoms with Crippen molar-refractivity contribution in [1.29, 1.82) is 0 Å². The largest absolute Gasteiger partial charge is 0.393 e. The molecule has 2 amide bonds. The van der Waals surface area contributed by atoms with Crippen LogP contribution in [0.4, 0.5) is 9.18 Å². The molecule has 0 aromatic heterocycles. The fourth-order valence-electron chi connectivity index (χ4n) is 2.59. The first-order valence-electron chi connectivity index (χ1n) is 8.45. The fourth-order valence-corrected chi connectivity index (χ4v) is 2.59. The highest BCUT2D eigenvalue weighted by Crippen LogP contribution is 2.21. The van der Waals surface area contributed by atoms with Gasteiger partial charge in [-0.1, -0.05) is 48.5 Å². The van der Waals surface area contributed by atoms with E-state index in [1.165, 1.54) is 11.0 Å². The Kier molecular flexibility index (Phi) is 6.95. The standard InChI is InChI=1S/C20H25FN2O2/c1-15(24)12-13-23(2)20(25)22-19(14-16-8-4-3-5-9-16)17-10-6-7-11-18(17)21/h3-11,15,19,24H,12-14H2,1-2H3,(H,22,25). The maximum absolute atomic E-state index is 14.2. The highest BCUT2D eigenvalue weighted by atomic mass is 19.1. The molecule has 0 aliphatic heterocycles. The lowest BCUT2D eigenvalue weighted by molar-refractivity contribution is 0.162. The molecule has 2 aromatic carbocycles. The summed E-state index contributed by atoms with van der Waals surface area (Å²) >= 11 is 0. The minimum Gasteiger partial charge on any atom is -0.393 e. The Balaban J connectivity index is 2.14. The average Bonchev–Trinajstić information content (AvgIpc) is 2.60. The molecule has 0 spiro atoms. The van der Waals surface area contributed by atoms with E-state index in [-0.39, 0.29) is 11.8 Å². The number of nitrogens with zero attached hydrogens (tertiary/aromatic N) is 1. The van der Waals surface area contributed by atoms with E-state index in [2.05, 4.69) is 5.32 Å². The number of halogens is 1. The van der Waals surface area contributed by atoms with E-state index in [4.69, 9.17) is 0 Å². The SMILES string of the molecule is CC(O)CCN(C)C(=O)NC(Cc1ccccc1)c1ccccc1F. The van der Waals surface area contributed by atoms with Crippen LogP contribution in [0.5, 0.6) is 0 Å². The van der Waals surface area contributed by atoms with Gasteiger partial charge >= 0.3 is 6.03 Å². The molecule has 0 aliphatic rings. The van der Waals surface area contributed by atoms with E-state index in [1.54, 1.807) is 32.2 Å². The summed E-state index contributed by atoms with van der Waals surface area (Å²) in [5.74, 6) is -0.338. The van der Waals surface area contributed by atoms with Crippen LogP contribution in [0.3, 0.4) is 0 Å². The maximum atomic E-state index is 14.2. The Labute approximate surface area is 148 Å². The summed E-state index contributed by atoms with van der Waals surface area (Å²) in [4.78, 5) is 14.0. The van der Waals surface area contributed by atoms with Gasteiger partial charge in [0.25, 0.3) is 0 Å². The van der Waals surface area contributed by atoms with Crippen molar-refractivity contribution in [3.8, 4) is 0 Å². The first kappa shape index (κ1) is 18.9. The lowest BCUT2D eigenvalue weighted by atomic mass is 9.98. The Morgan fingerprint density at radius 3 is 2.44 bits per heavy atom. The molecule has 0 heterocycles. The summed E-state index contributed by atoms with van der Waals surface area (Å²) in [5, 5.41) is 12.3. The van der Waals surface area contributed by atoms with Crippen LogP contribution >= 0.6 is 0 Å². The number of nitrogens with one attached hydrogen (secondary N) is 1. The smallest absolute Gasteiger partial charge is 0.317 e.